The van der Waals surface area contributed by atoms with E-state index in [1.807, 2.05) is 6.92 Å². The quantitative estimate of drug-likeness (QED) is 0.427. The van der Waals surface area contributed by atoms with Gasteiger partial charge in [-0.25, -0.2) is 14.5 Å². The molecule has 0 saturated heterocycles. The van der Waals surface area contributed by atoms with Crippen LogP contribution in [0.5, 0.6) is 5.88 Å². The number of carbonyl (C=O) groups excluding carboxylic acids is 1. The molecule has 1 aliphatic rings. The predicted molar refractivity (Wildman–Crippen MR) is 114 cm³/mol. The molecular weight excluding hydrogens is 484 g/mol. The summed E-state index contributed by atoms with van der Waals surface area (Å²) in [6.45, 7) is 1.88. The molecule has 0 bridgehead atoms. The number of pyridine rings is 1. The van der Waals surface area contributed by atoms with Crippen LogP contribution in [0.25, 0.3) is 5.65 Å². The molecule has 36 heavy (non-hydrogen) atoms. The smallest absolute Gasteiger partial charge is 0.386 e. The van der Waals surface area contributed by atoms with Crippen LogP contribution in [0.15, 0.2) is 36.9 Å². The number of amides is 1. The van der Waals surface area contributed by atoms with Gasteiger partial charge in [0.2, 0.25) is 17.7 Å². The van der Waals surface area contributed by atoms with Gasteiger partial charge in [0.1, 0.15) is 11.6 Å². The molecule has 14 heteroatoms. The molecule has 1 N–H and O–H groups in total. The number of hydrogen-bond acceptors (Lipinski definition) is 7. The Bertz CT molecular complexity index is 1550. The maximum atomic E-state index is 14.0. The molecule has 1 amide bonds. The summed E-state index contributed by atoms with van der Waals surface area (Å²) in [6.07, 6.45) is 1.10. The number of fused-ring (bicyclic) bond motifs is 3. The lowest BCUT2D eigenvalue weighted by atomic mass is 9.80. The van der Waals surface area contributed by atoms with E-state index in [-0.39, 0.29) is 17.8 Å². The van der Waals surface area contributed by atoms with Crippen molar-refractivity contribution in [1.29, 1.82) is 5.26 Å². The topological polar surface area (TPSA) is 123 Å². The number of anilines is 1. The van der Waals surface area contributed by atoms with E-state index in [0.717, 1.165) is 17.8 Å². The monoisotopic (exact) mass is 500 g/mol. The van der Waals surface area contributed by atoms with E-state index in [1.165, 1.54) is 16.8 Å². The number of aromatic nitrogens is 6. The molecule has 4 aromatic heterocycles. The highest BCUT2D eigenvalue weighted by molar-refractivity contribution is 5.97. The van der Waals surface area contributed by atoms with Crippen LogP contribution >= 0.6 is 0 Å². The number of ether oxygens (including phenoxy) is 1. The second-order valence-corrected chi connectivity index (χ2v) is 8.52. The highest BCUT2D eigenvalue weighted by Gasteiger charge is 2.47. The van der Waals surface area contributed by atoms with Crippen molar-refractivity contribution >= 4 is 17.2 Å². The zero-order chi connectivity index (χ0) is 25.8. The molecule has 0 aromatic carbocycles. The van der Waals surface area contributed by atoms with E-state index in [1.54, 1.807) is 30.2 Å². The van der Waals surface area contributed by atoms with Gasteiger partial charge in [-0.1, -0.05) is 0 Å². The van der Waals surface area contributed by atoms with Crippen LogP contribution in [-0.4, -0.2) is 41.6 Å². The highest BCUT2D eigenvalue weighted by Crippen LogP contribution is 2.49. The van der Waals surface area contributed by atoms with Gasteiger partial charge in [0.15, 0.2) is 5.65 Å². The van der Waals surface area contributed by atoms with Crippen molar-refractivity contribution in [2.24, 2.45) is 7.05 Å². The number of halogens is 4. The second-order valence-electron chi connectivity index (χ2n) is 8.52. The summed E-state index contributed by atoms with van der Waals surface area (Å²) in [4.78, 5) is 21.1. The molecule has 1 aliphatic carbocycles. The van der Waals surface area contributed by atoms with Crippen molar-refractivity contribution in [1.82, 2.24) is 29.4 Å². The van der Waals surface area contributed by atoms with E-state index >= 15 is 0 Å². The fraction of sp³-hybridized carbons (Fsp3) is 0.273. The Kier molecular flexibility index (Phi) is 5.16. The van der Waals surface area contributed by atoms with Crippen LogP contribution in [0.3, 0.4) is 0 Å². The number of nitrogens with zero attached hydrogens (tertiary/aromatic N) is 7. The molecule has 2 atom stereocenters. The Balaban J connectivity index is 1.53. The Morgan fingerprint density at radius 3 is 2.72 bits per heavy atom. The summed E-state index contributed by atoms with van der Waals surface area (Å²) in [5.41, 5.74) is 0.798. The third kappa shape index (κ3) is 3.88. The van der Waals surface area contributed by atoms with E-state index in [4.69, 9.17) is 0 Å². The zero-order valence-corrected chi connectivity index (χ0v) is 18.7. The Labute approximate surface area is 200 Å². The Morgan fingerprint density at radius 2 is 2.06 bits per heavy atom. The summed E-state index contributed by atoms with van der Waals surface area (Å²) in [6, 6.07) is 3.78. The van der Waals surface area contributed by atoms with Crippen molar-refractivity contribution in [3.8, 4) is 11.9 Å². The summed E-state index contributed by atoms with van der Waals surface area (Å²) in [5.74, 6) is -2.96. The standard InChI is InChI=1S/C22H16F4N8O2/c1-21(12-7-30-33(2)10-12)5-14(15-9-28-17-4-16(23)32-34(17)18(15)21)19(35)31-13-3-11(6-27)20(29-8-13)36-22(24,25)26/h3-4,7-10,14H,5H2,1-2H3,(H,31,35)/t14-,21+/m1/s1. The number of carbonyl (C=O) groups is 1. The van der Waals surface area contributed by atoms with Gasteiger partial charge in [0.05, 0.1) is 29.7 Å². The maximum Gasteiger partial charge on any atom is 0.574 e. The van der Waals surface area contributed by atoms with Gasteiger partial charge < -0.3 is 10.1 Å². The lowest BCUT2D eigenvalue weighted by Gasteiger charge is -2.24. The minimum absolute atomic E-state index is 0.00164. The largest absolute Gasteiger partial charge is 0.574 e. The van der Waals surface area contributed by atoms with Gasteiger partial charge in [0.25, 0.3) is 0 Å². The summed E-state index contributed by atoms with van der Waals surface area (Å²) in [7, 11) is 1.74. The SMILES string of the molecule is Cn1cc([C@]2(C)C[C@@H](C(=O)Nc3cnc(OC(F)(F)F)c(C#N)c3)c3cnc4cc(F)nn4c32)cn1. The number of nitriles is 1. The normalized spacial score (nSPS) is 19.2. The van der Waals surface area contributed by atoms with Gasteiger partial charge in [-0.05, 0) is 19.4 Å². The first-order valence-electron chi connectivity index (χ1n) is 10.5. The molecule has 0 saturated carbocycles. The molecule has 5 rings (SSSR count). The van der Waals surface area contributed by atoms with E-state index in [2.05, 4.69) is 30.2 Å². The molecule has 0 radical (unpaired) electrons. The second kappa shape index (κ2) is 8.01. The van der Waals surface area contributed by atoms with E-state index < -0.39 is 41.0 Å². The molecule has 10 nitrogen and oxygen atoms in total. The highest BCUT2D eigenvalue weighted by atomic mass is 19.4. The first kappa shape index (κ1) is 23.2. The summed E-state index contributed by atoms with van der Waals surface area (Å²) in [5, 5.41) is 20.0. The summed E-state index contributed by atoms with van der Waals surface area (Å²) >= 11 is 0. The molecule has 0 fully saturated rings. The summed E-state index contributed by atoms with van der Waals surface area (Å²) < 4.78 is 58.4. The minimum atomic E-state index is -5.03. The Morgan fingerprint density at radius 1 is 1.28 bits per heavy atom. The maximum absolute atomic E-state index is 14.0. The number of hydrogen-bond donors (Lipinski definition) is 1. The van der Waals surface area contributed by atoms with Gasteiger partial charge in [-0.15, -0.1) is 18.3 Å². The average Bonchev–Trinajstić information content (AvgIpc) is 3.49. The van der Waals surface area contributed by atoms with Crippen LogP contribution in [0.2, 0.25) is 0 Å². The molecular formula is C22H16F4N8O2. The first-order chi connectivity index (χ1) is 17.0. The van der Waals surface area contributed by atoms with E-state index in [0.29, 0.717) is 11.3 Å². The zero-order valence-electron chi connectivity index (χ0n) is 18.7. The fourth-order valence-corrected chi connectivity index (χ4v) is 4.56. The lowest BCUT2D eigenvalue weighted by Crippen LogP contribution is -2.25. The van der Waals surface area contributed by atoms with E-state index in [9.17, 15) is 27.6 Å². The van der Waals surface area contributed by atoms with Crippen LogP contribution in [-0.2, 0) is 17.3 Å². The Hall–Kier alpha value is -4.54. The molecule has 0 unspecified atom stereocenters. The van der Waals surface area contributed by atoms with Gasteiger partial charge in [-0.3, -0.25) is 9.48 Å². The van der Waals surface area contributed by atoms with Crippen molar-refractivity contribution < 1.29 is 27.1 Å². The van der Waals surface area contributed by atoms with Crippen LogP contribution in [0.1, 0.15) is 41.6 Å². The molecule has 0 aliphatic heterocycles. The van der Waals surface area contributed by atoms with Gasteiger partial charge in [-0.2, -0.15) is 14.8 Å². The van der Waals surface area contributed by atoms with Crippen molar-refractivity contribution in [3.05, 3.63) is 65.3 Å². The third-order valence-corrected chi connectivity index (χ3v) is 6.10. The van der Waals surface area contributed by atoms with Gasteiger partial charge >= 0.3 is 6.36 Å². The lowest BCUT2D eigenvalue weighted by molar-refractivity contribution is -0.276. The van der Waals surface area contributed by atoms with Crippen LogP contribution in [0.4, 0.5) is 23.2 Å². The number of aryl methyl sites for hydroxylation is 1. The first-order valence-corrected chi connectivity index (χ1v) is 10.5. The molecule has 4 aromatic rings. The number of alkyl halides is 3. The number of nitrogens with one attached hydrogen (secondary N) is 1. The van der Waals surface area contributed by atoms with Crippen molar-refractivity contribution in [2.45, 2.75) is 31.0 Å². The average molecular weight is 500 g/mol. The predicted octanol–water partition coefficient (Wildman–Crippen LogP) is 3.20. The fourth-order valence-electron chi connectivity index (χ4n) is 4.56. The van der Waals surface area contributed by atoms with Crippen molar-refractivity contribution in [3.63, 3.8) is 0 Å². The molecule has 184 valence electrons. The number of rotatable bonds is 4. The molecule has 4 heterocycles. The van der Waals surface area contributed by atoms with Crippen LogP contribution < -0.4 is 10.1 Å². The minimum Gasteiger partial charge on any atom is -0.386 e. The van der Waals surface area contributed by atoms with Crippen LogP contribution in [0, 0.1) is 17.3 Å². The molecule has 0 spiro atoms. The van der Waals surface area contributed by atoms with Gasteiger partial charge in [0, 0.05) is 42.0 Å². The third-order valence-electron chi connectivity index (χ3n) is 6.10. The van der Waals surface area contributed by atoms with Crippen molar-refractivity contribution in [2.75, 3.05) is 5.32 Å².